The summed E-state index contributed by atoms with van der Waals surface area (Å²) >= 11 is 12.6. The molecule has 0 aliphatic heterocycles. The molecule has 0 radical (unpaired) electrons. The van der Waals surface area contributed by atoms with Crippen molar-refractivity contribution in [2.45, 2.75) is 11.8 Å². The first-order chi connectivity index (χ1) is 9.72. The molecule has 0 saturated heterocycles. The van der Waals surface area contributed by atoms with Crippen LogP contribution in [0.25, 0.3) is 6.08 Å². The highest BCUT2D eigenvalue weighted by Crippen LogP contribution is 2.37. The predicted molar refractivity (Wildman–Crippen MR) is 89.6 cm³/mol. The SMILES string of the molecule is C=Cc1ccc(CCl)c(C(C=C)c2ccccc2)c1Cl. The first-order valence-corrected chi connectivity index (χ1v) is 7.31. The Morgan fingerprint density at radius 2 is 1.75 bits per heavy atom. The van der Waals surface area contributed by atoms with Gasteiger partial charge in [0.15, 0.2) is 0 Å². The van der Waals surface area contributed by atoms with Gasteiger partial charge >= 0.3 is 0 Å². The van der Waals surface area contributed by atoms with Crippen LogP contribution in [0.4, 0.5) is 0 Å². The number of rotatable bonds is 5. The second-order valence-corrected chi connectivity index (χ2v) is 5.15. The molecule has 2 heteroatoms. The van der Waals surface area contributed by atoms with Crippen LogP contribution in [-0.4, -0.2) is 0 Å². The maximum atomic E-state index is 6.54. The van der Waals surface area contributed by atoms with Crippen LogP contribution in [0.5, 0.6) is 0 Å². The van der Waals surface area contributed by atoms with Gasteiger partial charge < -0.3 is 0 Å². The molecule has 0 aliphatic rings. The van der Waals surface area contributed by atoms with Crippen LogP contribution in [0, 0.1) is 0 Å². The molecule has 0 nitrogen and oxygen atoms in total. The number of allylic oxidation sites excluding steroid dienone is 1. The fourth-order valence-corrected chi connectivity index (χ4v) is 2.95. The van der Waals surface area contributed by atoms with Gasteiger partial charge in [-0.2, -0.15) is 0 Å². The third kappa shape index (κ3) is 2.82. The van der Waals surface area contributed by atoms with Crippen molar-refractivity contribution in [2.24, 2.45) is 0 Å². The zero-order chi connectivity index (χ0) is 14.5. The van der Waals surface area contributed by atoms with Crippen LogP contribution in [0.15, 0.2) is 61.7 Å². The maximum absolute atomic E-state index is 6.54. The van der Waals surface area contributed by atoms with E-state index in [0.29, 0.717) is 10.9 Å². The van der Waals surface area contributed by atoms with E-state index in [1.54, 1.807) is 6.08 Å². The van der Waals surface area contributed by atoms with Crippen LogP contribution < -0.4 is 0 Å². The van der Waals surface area contributed by atoms with Crippen molar-refractivity contribution in [1.29, 1.82) is 0 Å². The molecule has 0 N–H and O–H groups in total. The fraction of sp³-hybridized carbons (Fsp3) is 0.111. The fourth-order valence-electron chi connectivity index (χ4n) is 2.34. The molecule has 0 spiro atoms. The van der Waals surface area contributed by atoms with Crippen molar-refractivity contribution < 1.29 is 0 Å². The van der Waals surface area contributed by atoms with Gasteiger partial charge in [0.25, 0.3) is 0 Å². The Balaban J connectivity index is 2.65. The molecule has 2 rings (SSSR count). The van der Waals surface area contributed by atoms with E-state index in [0.717, 1.165) is 22.3 Å². The highest BCUT2D eigenvalue weighted by molar-refractivity contribution is 6.33. The number of halogens is 2. The molecule has 0 amide bonds. The van der Waals surface area contributed by atoms with Crippen molar-refractivity contribution in [3.63, 3.8) is 0 Å². The monoisotopic (exact) mass is 302 g/mol. The minimum atomic E-state index is 0.0253. The van der Waals surface area contributed by atoms with Gasteiger partial charge in [-0.3, -0.25) is 0 Å². The first kappa shape index (κ1) is 14.9. The molecular formula is C18H16Cl2. The molecule has 0 aliphatic carbocycles. The lowest BCUT2D eigenvalue weighted by molar-refractivity contribution is 1.00. The summed E-state index contributed by atoms with van der Waals surface area (Å²) in [5, 5.41) is 0.701. The molecule has 102 valence electrons. The number of hydrogen-bond acceptors (Lipinski definition) is 0. The number of benzene rings is 2. The van der Waals surface area contributed by atoms with E-state index < -0.39 is 0 Å². The van der Waals surface area contributed by atoms with E-state index in [4.69, 9.17) is 23.2 Å². The molecule has 0 heterocycles. The van der Waals surface area contributed by atoms with Crippen molar-refractivity contribution in [1.82, 2.24) is 0 Å². The minimum Gasteiger partial charge on any atom is -0.122 e. The van der Waals surface area contributed by atoms with E-state index in [2.05, 4.69) is 25.3 Å². The standard InChI is InChI=1S/C18H16Cl2/c1-3-13-10-11-15(12-19)17(18(13)20)16(4-2)14-8-6-5-7-9-14/h3-11,16H,1-2,12H2. The lowest BCUT2D eigenvalue weighted by Crippen LogP contribution is -2.03. The molecule has 20 heavy (non-hydrogen) atoms. The minimum absolute atomic E-state index is 0.0253. The van der Waals surface area contributed by atoms with Crippen LogP contribution in [0.2, 0.25) is 5.02 Å². The quantitative estimate of drug-likeness (QED) is 0.466. The summed E-state index contributed by atoms with van der Waals surface area (Å²) in [6.07, 6.45) is 3.66. The Bertz CT molecular complexity index is 615. The van der Waals surface area contributed by atoms with E-state index >= 15 is 0 Å². The van der Waals surface area contributed by atoms with Crippen LogP contribution in [-0.2, 0) is 5.88 Å². The molecule has 0 aromatic heterocycles. The van der Waals surface area contributed by atoms with E-state index in [-0.39, 0.29) is 5.92 Å². The third-order valence-corrected chi connectivity index (χ3v) is 4.08. The summed E-state index contributed by atoms with van der Waals surface area (Å²) in [6, 6.07) is 14.1. The zero-order valence-corrected chi connectivity index (χ0v) is 12.7. The van der Waals surface area contributed by atoms with Crippen LogP contribution in [0.3, 0.4) is 0 Å². The van der Waals surface area contributed by atoms with Gasteiger partial charge in [-0.25, -0.2) is 0 Å². The van der Waals surface area contributed by atoms with Crippen LogP contribution >= 0.6 is 23.2 Å². The maximum Gasteiger partial charge on any atom is 0.0522 e. The van der Waals surface area contributed by atoms with Crippen molar-refractivity contribution in [3.8, 4) is 0 Å². The largest absolute Gasteiger partial charge is 0.122 e. The molecular weight excluding hydrogens is 287 g/mol. The predicted octanol–water partition coefficient (Wildman–Crippen LogP) is 6.04. The zero-order valence-electron chi connectivity index (χ0n) is 11.2. The summed E-state index contributed by atoms with van der Waals surface area (Å²) < 4.78 is 0. The third-order valence-electron chi connectivity index (χ3n) is 3.37. The van der Waals surface area contributed by atoms with Gasteiger partial charge in [0, 0.05) is 11.8 Å². The summed E-state index contributed by atoms with van der Waals surface area (Å²) in [6.45, 7) is 7.76. The van der Waals surface area contributed by atoms with Gasteiger partial charge in [-0.1, -0.05) is 72.8 Å². The summed E-state index contributed by atoms with van der Waals surface area (Å²) in [4.78, 5) is 0. The Kier molecular flexibility index (Phi) is 5.05. The molecule has 1 unspecified atom stereocenters. The molecule has 0 bridgehead atoms. The molecule has 0 fully saturated rings. The molecule has 0 saturated carbocycles. The smallest absolute Gasteiger partial charge is 0.0522 e. The van der Waals surface area contributed by atoms with E-state index in [9.17, 15) is 0 Å². The Labute approximate surface area is 130 Å². The highest BCUT2D eigenvalue weighted by atomic mass is 35.5. The van der Waals surface area contributed by atoms with Gasteiger partial charge in [0.1, 0.15) is 0 Å². The average molecular weight is 303 g/mol. The number of hydrogen-bond donors (Lipinski definition) is 0. The lowest BCUT2D eigenvalue weighted by atomic mass is 9.87. The van der Waals surface area contributed by atoms with E-state index in [1.807, 2.05) is 36.4 Å². The molecule has 2 aromatic carbocycles. The van der Waals surface area contributed by atoms with Crippen LogP contribution in [0.1, 0.15) is 28.2 Å². The Hall–Kier alpha value is -1.50. The lowest BCUT2D eigenvalue weighted by Gasteiger charge is -2.20. The second-order valence-electron chi connectivity index (χ2n) is 4.50. The Morgan fingerprint density at radius 1 is 1.05 bits per heavy atom. The first-order valence-electron chi connectivity index (χ1n) is 6.40. The van der Waals surface area contributed by atoms with Gasteiger partial charge in [0.05, 0.1) is 5.02 Å². The van der Waals surface area contributed by atoms with Crippen molar-refractivity contribution >= 4 is 29.3 Å². The summed E-state index contributed by atoms with van der Waals surface area (Å²) in [5.41, 5.74) is 4.10. The Morgan fingerprint density at radius 3 is 2.30 bits per heavy atom. The number of alkyl halides is 1. The summed E-state index contributed by atoms with van der Waals surface area (Å²) in [7, 11) is 0. The van der Waals surface area contributed by atoms with E-state index in [1.165, 1.54) is 0 Å². The normalized spacial score (nSPS) is 11.9. The average Bonchev–Trinajstić information content (AvgIpc) is 2.50. The van der Waals surface area contributed by atoms with Gasteiger partial charge in [-0.05, 0) is 22.3 Å². The van der Waals surface area contributed by atoms with Gasteiger partial charge in [0.2, 0.25) is 0 Å². The van der Waals surface area contributed by atoms with Crippen molar-refractivity contribution in [2.75, 3.05) is 0 Å². The molecule has 2 aromatic rings. The van der Waals surface area contributed by atoms with Crippen molar-refractivity contribution in [3.05, 3.63) is 89.0 Å². The topological polar surface area (TPSA) is 0 Å². The van der Waals surface area contributed by atoms with Gasteiger partial charge in [-0.15, -0.1) is 18.2 Å². The summed E-state index contributed by atoms with van der Waals surface area (Å²) in [5.74, 6) is 0.446. The molecule has 1 atom stereocenters. The second kappa shape index (κ2) is 6.78. The highest BCUT2D eigenvalue weighted by Gasteiger charge is 2.19.